The molecule has 14 heteroatoms. The molecule has 0 spiro atoms. The van der Waals surface area contributed by atoms with Gasteiger partial charge in [0.15, 0.2) is 5.82 Å². The number of nitrogens with zero attached hydrogens (tertiary/aromatic N) is 6. The van der Waals surface area contributed by atoms with Crippen LogP contribution in [0.5, 0.6) is 11.6 Å². The number of fused-ring (bicyclic) bond motifs is 1. The van der Waals surface area contributed by atoms with E-state index >= 15 is 4.39 Å². The van der Waals surface area contributed by atoms with Gasteiger partial charge in [0.25, 0.3) is 5.91 Å². The molecule has 5 aromatic rings. The summed E-state index contributed by atoms with van der Waals surface area (Å²) in [6.07, 6.45) is 5.68. The molecular weight excluding hydrogens is 615 g/mol. The summed E-state index contributed by atoms with van der Waals surface area (Å²) in [7, 11) is 0. The molecule has 1 atom stereocenters. The lowest BCUT2D eigenvalue weighted by molar-refractivity contribution is -0.135. The Bertz CT molecular complexity index is 1950. The van der Waals surface area contributed by atoms with Crippen molar-refractivity contribution in [3.63, 3.8) is 0 Å². The van der Waals surface area contributed by atoms with Crippen molar-refractivity contribution >= 4 is 41.1 Å². The van der Waals surface area contributed by atoms with E-state index in [4.69, 9.17) is 22.1 Å². The Balaban J connectivity index is 1.36. The summed E-state index contributed by atoms with van der Waals surface area (Å²) in [5, 5.41) is 13.7. The lowest BCUT2D eigenvalue weighted by Crippen LogP contribution is -2.44. The Kier molecular flexibility index (Phi) is 8.48. The van der Waals surface area contributed by atoms with Crippen LogP contribution in [0.15, 0.2) is 91.4 Å². The standard InChI is InChI=1S/C32H24ClFN8O4/c33-24-12-13-25(42-18-37-39-40-42)23(29(24)34)11-14-28(43)41-17-15-21-22(4-3-5-26(21)46-27-6-1-2-16-36-27)30(41)32(45)38-20-9-7-19(8-10-20)31(35)44/h1-14,16,18,30H,15,17H2,(H2,35,44)(H,38,45). The number of aromatic nitrogens is 5. The van der Waals surface area contributed by atoms with Gasteiger partial charge in [-0.05, 0) is 77.0 Å². The quantitative estimate of drug-likeness (QED) is 0.235. The highest BCUT2D eigenvalue weighted by atomic mass is 35.5. The van der Waals surface area contributed by atoms with Gasteiger partial charge in [0, 0.05) is 47.3 Å². The minimum Gasteiger partial charge on any atom is -0.439 e. The number of halogens is 2. The van der Waals surface area contributed by atoms with Gasteiger partial charge in [-0.3, -0.25) is 14.4 Å². The largest absolute Gasteiger partial charge is 0.439 e. The number of ether oxygens (including phenoxy) is 1. The van der Waals surface area contributed by atoms with Crippen molar-refractivity contribution in [1.29, 1.82) is 0 Å². The van der Waals surface area contributed by atoms with E-state index in [1.54, 1.807) is 42.6 Å². The van der Waals surface area contributed by atoms with Gasteiger partial charge in [0.1, 0.15) is 18.1 Å². The number of benzene rings is 3. The first-order chi connectivity index (χ1) is 22.3. The van der Waals surface area contributed by atoms with Crippen LogP contribution in [-0.2, 0) is 16.0 Å². The van der Waals surface area contributed by atoms with Crippen LogP contribution in [0.3, 0.4) is 0 Å². The fraction of sp³-hybridized carbons (Fsp3) is 0.0938. The number of rotatable bonds is 8. The van der Waals surface area contributed by atoms with E-state index in [0.29, 0.717) is 29.3 Å². The summed E-state index contributed by atoms with van der Waals surface area (Å²) in [5.74, 6) is -1.60. The number of nitrogens with two attached hydrogens (primary N) is 1. The third kappa shape index (κ3) is 6.16. The van der Waals surface area contributed by atoms with Gasteiger partial charge < -0.3 is 20.7 Å². The Morgan fingerprint density at radius 1 is 1.04 bits per heavy atom. The van der Waals surface area contributed by atoms with E-state index in [1.165, 1.54) is 64.5 Å². The van der Waals surface area contributed by atoms with E-state index in [-0.39, 0.29) is 28.4 Å². The summed E-state index contributed by atoms with van der Waals surface area (Å²) in [6, 6.07) is 18.3. The summed E-state index contributed by atoms with van der Waals surface area (Å²) >= 11 is 6.05. The Morgan fingerprint density at radius 2 is 1.87 bits per heavy atom. The molecule has 0 radical (unpaired) electrons. The molecule has 3 N–H and O–H groups in total. The lowest BCUT2D eigenvalue weighted by atomic mass is 9.90. The fourth-order valence-electron chi connectivity index (χ4n) is 5.14. The van der Waals surface area contributed by atoms with Crippen LogP contribution in [0.4, 0.5) is 10.1 Å². The Hall–Kier alpha value is -5.95. The number of pyridine rings is 1. The molecular formula is C32H24ClFN8O4. The van der Waals surface area contributed by atoms with Gasteiger partial charge in [-0.1, -0.05) is 29.8 Å². The number of nitrogens with one attached hydrogen (secondary N) is 1. The second-order valence-electron chi connectivity index (χ2n) is 10.1. The monoisotopic (exact) mass is 638 g/mol. The van der Waals surface area contributed by atoms with Crippen LogP contribution >= 0.6 is 11.6 Å². The number of tetrazole rings is 1. The Morgan fingerprint density at radius 3 is 2.59 bits per heavy atom. The predicted octanol–water partition coefficient (Wildman–Crippen LogP) is 4.52. The molecule has 3 aromatic carbocycles. The summed E-state index contributed by atoms with van der Waals surface area (Å²) < 4.78 is 22.5. The van der Waals surface area contributed by atoms with Crippen LogP contribution in [0.1, 0.15) is 33.1 Å². The second-order valence-corrected chi connectivity index (χ2v) is 10.5. The van der Waals surface area contributed by atoms with E-state index in [9.17, 15) is 14.4 Å². The molecule has 0 bridgehead atoms. The SMILES string of the molecule is NC(=O)c1ccc(NC(=O)C2c3cccc(Oc4ccccn4)c3CCN2C(=O)C=Cc2c(-n3cnnn3)ccc(Cl)c2F)cc1. The number of amides is 3. The molecule has 0 aliphatic carbocycles. The minimum absolute atomic E-state index is 0.0212. The average molecular weight is 639 g/mol. The first-order valence-electron chi connectivity index (χ1n) is 13.9. The maximum Gasteiger partial charge on any atom is 0.251 e. The first-order valence-corrected chi connectivity index (χ1v) is 14.3. The molecule has 1 unspecified atom stereocenters. The van der Waals surface area contributed by atoms with Gasteiger partial charge in [0.2, 0.25) is 17.7 Å². The molecule has 46 heavy (non-hydrogen) atoms. The molecule has 1 aliphatic rings. The maximum absolute atomic E-state index is 15.2. The van der Waals surface area contributed by atoms with E-state index in [1.807, 2.05) is 0 Å². The van der Waals surface area contributed by atoms with E-state index in [0.717, 1.165) is 5.56 Å². The first kappa shape index (κ1) is 30.1. The van der Waals surface area contributed by atoms with E-state index in [2.05, 4.69) is 25.8 Å². The van der Waals surface area contributed by atoms with Crippen molar-refractivity contribution < 1.29 is 23.5 Å². The van der Waals surface area contributed by atoms with Gasteiger partial charge in [-0.15, -0.1) is 5.10 Å². The fourth-order valence-corrected chi connectivity index (χ4v) is 5.30. The number of carbonyl (C=O) groups is 3. The summed E-state index contributed by atoms with van der Waals surface area (Å²) in [4.78, 5) is 44.9. The normalized spacial score (nSPS) is 14.1. The van der Waals surface area contributed by atoms with Crippen LogP contribution in [0, 0.1) is 5.82 Å². The molecule has 2 aromatic heterocycles. The summed E-state index contributed by atoms with van der Waals surface area (Å²) in [5.41, 5.74) is 7.51. The highest BCUT2D eigenvalue weighted by molar-refractivity contribution is 6.31. The van der Waals surface area contributed by atoms with Gasteiger partial charge in [-0.2, -0.15) is 4.68 Å². The molecule has 12 nitrogen and oxygen atoms in total. The zero-order valence-corrected chi connectivity index (χ0v) is 24.6. The van der Waals surface area contributed by atoms with Crippen LogP contribution in [0.25, 0.3) is 11.8 Å². The number of hydrogen-bond acceptors (Lipinski definition) is 8. The molecule has 0 saturated carbocycles. The molecule has 3 heterocycles. The van der Waals surface area contributed by atoms with Gasteiger partial charge in [0.05, 0.1) is 10.7 Å². The average Bonchev–Trinajstić information content (AvgIpc) is 3.60. The second kappa shape index (κ2) is 13.0. The number of hydrogen-bond donors (Lipinski definition) is 2. The third-order valence-electron chi connectivity index (χ3n) is 7.30. The van der Waals surface area contributed by atoms with Crippen molar-refractivity contribution in [2.24, 2.45) is 5.73 Å². The number of carbonyl (C=O) groups excluding carboxylic acids is 3. The lowest BCUT2D eigenvalue weighted by Gasteiger charge is -2.36. The Labute approximate surface area is 266 Å². The smallest absolute Gasteiger partial charge is 0.251 e. The van der Waals surface area contributed by atoms with Crippen molar-refractivity contribution in [2.45, 2.75) is 12.5 Å². The number of primary amides is 1. The molecule has 230 valence electrons. The molecule has 0 saturated heterocycles. The van der Waals surface area contributed by atoms with Crippen molar-refractivity contribution in [1.82, 2.24) is 30.1 Å². The van der Waals surface area contributed by atoms with Crippen molar-refractivity contribution in [2.75, 3.05) is 11.9 Å². The van der Waals surface area contributed by atoms with Crippen LogP contribution in [-0.4, -0.2) is 54.4 Å². The van der Waals surface area contributed by atoms with Gasteiger partial charge >= 0.3 is 0 Å². The molecule has 3 amide bonds. The molecule has 0 fully saturated rings. The summed E-state index contributed by atoms with van der Waals surface area (Å²) in [6.45, 7) is 0.134. The maximum atomic E-state index is 15.2. The highest BCUT2D eigenvalue weighted by Gasteiger charge is 2.37. The number of anilines is 1. The molecule has 1 aliphatic heterocycles. The highest BCUT2D eigenvalue weighted by Crippen LogP contribution is 2.38. The third-order valence-corrected chi connectivity index (χ3v) is 7.59. The zero-order valence-electron chi connectivity index (χ0n) is 23.9. The predicted molar refractivity (Wildman–Crippen MR) is 166 cm³/mol. The minimum atomic E-state index is -1.10. The van der Waals surface area contributed by atoms with Crippen molar-refractivity contribution in [3.8, 4) is 17.3 Å². The molecule has 6 rings (SSSR count). The van der Waals surface area contributed by atoms with Gasteiger partial charge in [-0.25, -0.2) is 9.37 Å². The van der Waals surface area contributed by atoms with E-state index < -0.39 is 29.6 Å². The van der Waals surface area contributed by atoms with Crippen LogP contribution < -0.4 is 15.8 Å². The topological polar surface area (TPSA) is 158 Å². The zero-order chi connectivity index (χ0) is 32.2. The van der Waals surface area contributed by atoms with Crippen LogP contribution in [0.2, 0.25) is 5.02 Å². The van der Waals surface area contributed by atoms with Crippen molar-refractivity contribution in [3.05, 3.63) is 124 Å².